The Hall–Kier alpha value is -2.18. The minimum absolute atomic E-state index is 0.0351. The van der Waals surface area contributed by atoms with Crippen LogP contribution in [0.1, 0.15) is 22.5 Å². The third kappa shape index (κ3) is 3.75. The van der Waals surface area contributed by atoms with Crippen molar-refractivity contribution in [2.45, 2.75) is 19.1 Å². The second-order valence-electron chi connectivity index (χ2n) is 6.78. The van der Waals surface area contributed by atoms with E-state index in [4.69, 9.17) is 9.15 Å². The van der Waals surface area contributed by atoms with E-state index in [2.05, 4.69) is 16.0 Å². The van der Waals surface area contributed by atoms with Gasteiger partial charge < -0.3 is 14.1 Å². The van der Waals surface area contributed by atoms with Gasteiger partial charge in [-0.15, -0.1) is 0 Å². The highest BCUT2D eigenvalue weighted by atomic mass is 16.5. The van der Waals surface area contributed by atoms with Crippen molar-refractivity contribution in [3.63, 3.8) is 0 Å². The molecule has 2 aliphatic heterocycles. The quantitative estimate of drug-likeness (QED) is 0.855. The van der Waals surface area contributed by atoms with E-state index < -0.39 is 0 Å². The number of likely N-dealkylation sites (tertiary alicyclic amines) is 1. The van der Waals surface area contributed by atoms with Crippen LogP contribution in [-0.4, -0.2) is 59.6 Å². The second-order valence-corrected chi connectivity index (χ2v) is 6.78. The third-order valence-corrected chi connectivity index (χ3v) is 5.08. The minimum atomic E-state index is -0.0351. The van der Waals surface area contributed by atoms with E-state index in [1.807, 2.05) is 17.2 Å². The van der Waals surface area contributed by atoms with Crippen LogP contribution in [0.4, 0.5) is 0 Å². The van der Waals surface area contributed by atoms with Crippen LogP contribution in [0, 0.1) is 5.92 Å². The number of hydrogen-bond donors (Lipinski definition) is 0. The fourth-order valence-corrected chi connectivity index (χ4v) is 3.75. The first-order valence-corrected chi connectivity index (χ1v) is 8.85. The summed E-state index contributed by atoms with van der Waals surface area (Å²) in [4.78, 5) is 21.0. The number of piperidine rings is 1. The first-order valence-electron chi connectivity index (χ1n) is 8.85. The molecular formula is C19H23N3O3. The van der Waals surface area contributed by atoms with Crippen LogP contribution < -0.4 is 0 Å². The van der Waals surface area contributed by atoms with E-state index in [-0.39, 0.29) is 12.0 Å². The number of amides is 1. The molecule has 2 atom stereocenters. The van der Waals surface area contributed by atoms with Crippen LogP contribution in [0.15, 0.2) is 47.3 Å². The fraction of sp³-hybridized carbons (Fsp3) is 0.474. The number of carbonyl (C=O) groups excluding carboxylic acids is 1. The lowest BCUT2D eigenvalue weighted by atomic mass is 9.93. The van der Waals surface area contributed by atoms with Crippen molar-refractivity contribution < 1.29 is 13.9 Å². The summed E-state index contributed by atoms with van der Waals surface area (Å²) in [5.41, 5.74) is 1.23. The molecule has 25 heavy (non-hydrogen) atoms. The molecule has 0 spiro atoms. The molecule has 1 amide bonds. The van der Waals surface area contributed by atoms with Crippen LogP contribution in [0.5, 0.6) is 0 Å². The Bertz CT molecular complexity index is 689. The largest absolute Gasteiger partial charge is 0.459 e. The number of aromatic nitrogens is 1. The van der Waals surface area contributed by atoms with Gasteiger partial charge in [-0.2, -0.15) is 0 Å². The Morgan fingerprint density at radius 2 is 2.20 bits per heavy atom. The number of ether oxygens (including phenoxy) is 1. The fourth-order valence-electron chi connectivity index (χ4n) is 3.75. The van der Waals surface area contributed by atoms with Gasteiger partial charge in [0.15, 0.2) is 5.76 Å². The predicted molar refractivity (Wildman–Crippen MR) is 92.0 cm³/mol. The molecule has 4 rings (SSSR count). The maximum absolute atomic E-state index is 12.6. The molecule has 0 unspecified atom stereocenters. The van der Waals surface area contributed by atoms with Gasteiger partial charge in [0.1, 0.15) is 0 Å². The molecule has 2 aromatic rings. The van der Waals surface area contributed by atoms with E-state index in [1.54, 1.807) is 24.6 Å². The molecule has 6 nitrogen and oxygen atoms in total. The summed E-state index contributed by atoms with van der Waals surface area (Å²) in [5.74, 6) is 0.756. The molecule has 0 saturated carbocycles. The molecule has 132 valence electrons. The zero-order chi connectivity index (χ0) is 17.1. The van der Waals surface area contributed by atoms with Crippen LogP contribution in [0.3, 0.4) is 0 Å². The molecule has 0 aliphatic carbocycles. The Kier molecular flexibility index (Phi) is 4.81. The van der Waals surface area contributed by atoms with Gasteiger partial charge in [-0.3, -0.25) is 14.7 Å². The van der Waals surface area contributed by atoms with Gasteiger partial charge in [-0.1, -0.05) is 6.07 Å². The molecule has 0 radical (unpaired) electrons. The average molecular weight is 341 g/mol. The Labute approximate surface area is 147 Å². The van der Waals surface area contributed by atoms with E-state index >= 15 is 0 Å². The molecule has 0 aromatic carbocycles. The zero-order valence-corrected chi connectivity index (χ0v) is 14.2. The van der Waals surface area contributed by atoms with Gasteiger partial charge in [0.25, 0.3) is 5.91 Å². The van der Waals surface area contributed by atoms with Crippen LogP contribution in [0.2, 0.25) is 0 Å². The first-order chi connectivity index (χ1) is 12.3. The van der Waals surface area contributed by atoms with Crippen LogP contribution in [0.25, 0.3) is 0 Å². The molecule has 2 saturated heterocycles. The summed E-state index contributed by atoms with van der Waals surface area (Å²) in [7, 11) is 0. The van der Waals surface area contributed by atoms with E-state index in [1.165, 1.54) is 5.56 Å². The van der Waals surface area contributed by atoms with Gasteiger partial charge in [-0.25, -0.2) is 0 Å². The summed E-state index contributed by atoms with van der Waals surface area (Å²) < 4.78 is 11.4. The third-order valence-electron chi connectivity index (χ3n) is 5.08. The van der Waals surface area contributed by atoms with E-state index in [9.17, 15) is 4.79 Å². The van der Waals surface area contributed by atoms with Crippen molar-refractivity contribution >= 4 is 5.91 Å². The molecule has 4 heterocycles. The van der Waals surface area contributed by atoms with Crippen LogP contribution >= 0.6 is 0 Å². The summed E-state index contributed by atoms with van der Waals surface area (Å²) in [6.45, 7) is 4.76. The zero-order valence-electron chi connectivity index (χ0n) is 14.2. The van der Waals surface area contributed by atoms with Crippen molar-refractivity contribution in [3.8, 4) is 0 Å². The molecule has 2 fully saturated rings. The van der Waals surface area contributed by atoms with E-state index in [0.717, 1.165) is 32.6 Å². The minimum Gasteiger partial charge on any atom is -0.459 e. The molecule has 0 bridgehead atoms. The molecular weight excluding hydrogens is 318 g/mol. The summed E-state index contributed by atoms with van der Waals surface area (Å²) in [5, 5.41) is 0. The Balaban J connectivity index is 1.38. The predicted octanol–water partition coefficient (Wildman–Crippen LogP) is 2.04. The number of fused-ring (bicyclic) bond motifs is 1. The average Bonchev–Trinajstić information content (AvgIpc) is 3.09. The van der Waals surface area contributed by atoms with Gasteiger partial charge in [0.05, 0.1) is 19.0 Å². The van der Waals surface area contributed by atoms with Crippen molar-refractivity contribution in [3.05, 3.63) is 54.2 Å². The second kappa shape index (κ2) is 7.37. The molecule has 2 aliphatic rings. The highest BCUT2D eigenvalue weighted by molar-refractivity contribution is 5.91. The molecule has 0 N–H and O–H groups in total. The van der Waals surface area contributed by atoms with Gasteiger partial charge in [0, 0.05) is 44.5 Å². The number of hydrogen-bond acceptors (Lipinski definition) is 5. The number of nitrogens with zero attached hydrogens (tertiary/aromatic N) is 3. The van der Waals surface area contributed by atoms with Crippen molar-refractivity contribution in [2.24, 2.45) is 5.92 Å². The summed E-state index contributed by atoms with van der Waals surface area (Å²) in [6, 6.07) is 7.56. The molecule has 6 heteroatoms. The standard InChI is InChI=1S/C19H23N3O3/c23-19(17-4-2-9-24-17)22-8-10-25-18-14-21(7-5-16(18)13-22)12-15-3-1-6-20-11-15/h1-4,6,9,11,16,18H,5,7-8,10,12-14H2/t16-,18-/m1/s1. The Morgan fingerprint density at radius 3 is 3.00 bits per heavy atom. The van der Waals surface area contributed by atoms with Crippen molar-refractivity contribution in [1.82, 2.24) is 14.8 Å². The summed E-state index contributed by atoms with van der Waals surface area (Å²) >= 11 is 0. The van der Waals surface area contributed by atoms with E-state index in [0.29, 0.717) is 24.8 Å². The van der Waals surface area contributed by atoms with Gasteiger partial charge in [0.2, 0.25) is 0 Å². The SMILES string of the molecule is O=C(c1ccco1)N1CCO[C@@H]2CN(Cc3cccnc3)CC[C@@H]2C1. The van der Waals surface area contributed by atoms with Crippen molar-refractivity contribution in [1.29, 1.82) is 0 Å². The van der Waals surface area contributed by atoms with Gasteiger partial charge >= 0.3 is 0 Å². The van der Waals surface area contributed by atoms with Crippen molar-refractivity contribution in [2.75, 3.05) is 32.8 Å². The monoisotopic (exact) mass is 341 g/mol. The maximum Gasteiger partial charge on any atom is 0.289 e. The topological polar surface area (TPSA) is 58.8 Å². The normalized spacial score (nSPS) is 24.6. The van der Waals surface area contributed by atoms with Crippen LogP contribution in [-0.2, 0) is 11.3 Å². The first kappa shape index (κ1) is 16.3. The number of rotatable bonds is 3. The highest BCUT2D eigenvalue weighted by Crippen LogP contribution is 2.25. The summed E-state index contributed by atoms with van der Waals surface area (Å²) in [6.07, 6.45) is 6.48. The smallest absolute Gasteiger partial charge is 0.289 e. The highest BCUT2D eigenvalue weighted by Gasteiger charge is 2.35. The lowest BCUT2D eigenvalue weighted by molar-refractivity contribution is -0.0241. The Morgan fingerprint density at radius 1 is 1.24 bits per heavy atom. The molecule has 2 aromatic heterocycles. The van der Waals surface area contributed by atoms with Gasteiger partial charge in [-0.05, 0) is 36.7 Å². The maximum atomic E-state index is 12.6. The lowest BCUT2D eigenvalue weighted by Gasteiger charge is -2.37. The number of furan rings is 1. The lowest BCUT2D eigenvalue weighted by Crippen LogP contribution is -2.47. The number of carbonyl (C=O) groups is 1. The number of pyridine rings is 1.